The van der Waals surface area contributed by atoms with Gasteiger partial charge in [-0.15, -0.1) is 0 Å². The zero-order chi connectivity index (χ0) is 19.6. The maximum Gasteiger partial charge on any atom is 0.257 e. The van der Waals surface area contributed by atoms with E-state index in [0.29, 0.717) is 23.2 Å². The van der Waals surface area contributed by atoms with Crippen molar-refractivity contribution >= 4 is 28.9 Å². The Kier molecular flexibility index (Phi) is 8.27. The van der Waals surface area contributed by atoms with Crippen molar-refractivity contribution in [2.75, 3.05) is 11.9 Å². The molecule has 0 aliphatic rings. The number of benzene rings is 2. The first-order valence-corrected chi connectivity index (χ1v) is 9.90. The summed E-state index contributed by atoms with van der Waals surface area (Å²) in [5.74, 6) is 0.935. The highest BCUT2D eigenvalue weighted by molar-refractivity contribution is 7.80. The Balaban J connectivity index is 1.95. The molecule has 27 heavy (non-hydrogen) atoms. The number of ether oxygens (including phenoxy) is 1. The van der Waals surface area contributed by atoms with Gasteiger partial charge in [-0.25, -0.2) is 0 Å². The Bertz CT molecular complexity index is 759. The molecule has 0 saturated carbocycles. The molecule has 2 rings (SSSR count). The van der Waals surface area contributed by atoms with E-state index in [4.69, 9.17) is 17.0 Å². The molecule has 1 atom stereocenters. The van der Waals surface area contributed by atoms with Crippen molar-refractivity contribution in [2.24, 2.45) is 0 Å². The average Bonchev–Trinajstić information content (AvgIpc) is 2.68. The van der Waals surface area contributed by atoms with Gasteiger partial charge in [-0.05, 0) is 66.9 Å². The van der Waals surface area contributed by atoms with Crippen LogP contribution in [0, 0.1) is 0 Å². The summed E-state index contributed by atoms with van der Waals surface area (Å²) >= 11 is 5.32. The van der Waals surface area contributed by atoms with E-state index in [1.807, 2.05) is 18.2 Å². The summed E-state index contributed by atoms with van der Waals surface area (Å²) in [6.07, 6.45) is 3.13. The minimum atomic E-state index is -0.242. The summed E-state index contributed by atoms with van der Waals surface area (Å²) in [5.41, 5.74) is 2.65. The summed E-state index contributed by atoms with van der Waals surface area (Å²) in [4.78, 5) is 12.4. The molecule has 0 spiro atoms. The zero-order valence-corrected chi connectivity index (χ0v) is 17.1. The minimum absolute atomic E-state index is 0.242. The molecule has 5 heteroatoms. The van der Waals surface area contributed by atoms with Crippen LogP contribution in [0.5, 0.6) is 5.75 Å². The lowest BCUT2D eigenvalue weighted by molar-refractivity contribution is 0.0977. The molecule has 0 aliphatic heterocycles. The van der Waals surface area contributed by atoms with Crippen LogP contribution in [0.25, 0.3) is 0 Å². The molecule has 0 fully saturated rings. The van der Waals surface area contributed by atoms with Crippen LogP contribution in [-0.2, 0) is 0 Å². The van der Waals surface area contributed by atoms with Crippen LogP contribution in [0.15, 0.2) is 48.5 Å². The van der Waals surface area contributed by atoms with Crippen molar-refractivity contribution in [3.05, 3.63) is 59.7 Å². The fourth-order valence-corrected chi connectivity index (χ4v) is 2.83. The molecule has 0 radical (unpaired) electrons. The molecule has 1 amide bonds. The van der Waals surface area contributed by atoms with Gasteiger partial charge in [0.25, 0.3) is 5.91 Å². The van der Waals surface area contributed by atoms with Gasteiger partial charge < -0.3 is 10.1 Å². The highest BCUT2D eigenvalue weighted by Gasteiger charge is 2.12. The fourth-order valence-electron chi connectivity index (χ4n) is 2.63. The third kappa shape index (κ3) is 6.36. The van der Waals surface area contributed by atoms with E-state index in [2.05, 4.69) is 37.5 Å². The minimum Gasteiger partial charge on any atom is -0.494 e. The van der Waals surface area contributed by atoms with Gasteiger partial charge in [0.1, 0.15) is 5.75 Å². The van der Waals surface area contributed by atoms with Gasteiger partial charge in [0, 0.05) is 11.3 Å². The second-order valence-corrected chi connectivity index (χ2v) is 6.94. The molecule has 2 aromatic rings. The van der Waals surface area contributed by atoms with Crippen molar-refractivity contribution in [3.8, 4) is 5.75 Å². The molecule has 4 nitrogen and oxygen atoms in total. The molecule has 0 heterocycles. The van der Waals surface area contributed by atoms with E-state index in [9.17, 15) is 4.79 Å². The Morgan fingerprint density at radius 3 is 2.48 bits per heavy atom. The number of hydrogen-bond acceptors (Lipinski definition) is 3. The predicted octanol–water partition coefficient (Wildman–Crippen LogP) is 5.51. The van der Waals surface area contributed by atoms with Gasteiger partial charge in [-0.3, -0.25) is 10.1 Å². The summed E-state index contributed by atoms with van der Waals surface area (Å²) in [5, 5.41) is 6.18. The van der Waals surface area contributed by atoms with E-state index in [-0.39, 0.29) is 5.91 Å². The molecule has 0 saturated heterocycles. The number of rotatable bonds is 8. The number of para-hydroxylation sites is 1. The van der Waals surface area contributed by atoms with Crippen molar-refractivity contribution in [1.82, 2.24) is 5.32 Å². The first-order valence-electron chi connectivity index (χ1n) is 9.49. The first-order chi connectivity index (χ1) is 13.0. The quantitative estimate of drug-likeness (QED) is 0.466. The second kappa shape index (κ2) is 10.7. The second-order valence-electron chi connectivity index (χ2n) is 6.53. The summed E-state index contributed by atoms with van der Waals surface area (Å²) in [7, 11) is 0. The number of carbonyl (C=O) groups is 1. The van der Waals surface area contributed by atoms with E-state index in [1.165, 1.54) is 5.56 Å². The zero-order valence-electron chi connectivity index (χ0n) is 16.2. The van der Waals surface area contributed by atoms with E-state index in [1.54, 1.807) is 24.3 Å². The molecule has 144 valence electrons. The summed E-state index contributed by atoms with van der Waals surface area (Å²) < 4.78 is 5.62. The largest absolute Gasteiger partial charge is 0.494 e. The topological polar surface area (TPSA) is 50.4 Å². The smallest absolute Gasteiger partial charge is 0.257 e. The first kappa shape index (κ1) is 20.9. The number of hydrogen-bond donors (Lipinski definition) is 2. The van der Waals surface area contributed by atoms with E-state index < -0.39 is 0 Å². The van der Waals surface area contributed by atoms with Crippen LogP contribution in [0.2, 0.25) is 0 Å². The third-order valence-corrected chi connectivity index (χ3v) is 4.67. The maximum absolute atomic E-state index is 12.4. The fraction of sp³-hybridized carbons (Fsp3) is 0.364. The highest BCUT2D eigenvalue weighted by Crippen LogP contribution is 2.26. The van der Waals surface area contributed by atoms with Gasteiger partial charge in [0.15, 0.2) is 5.11 Å². The average molecular weight is 385 g/mol. The lowest BCUT2D eigenvalue weighted by Crippen LogP contribution is -2.34. The van der Waals surface area contributed by atoms with E-state index in [0.717, 1.165) is 30.7 Å². The number of carbonyl (C=O) groups excluding carboxylic acids is 1. The van der Waals surface area contributed by atoms with Crippen molar-refractivity contribution in [1.29, 1.82) is 0 Å². The maximum atomic E-state index is 12.4. The van der Waals surface area contributed by atoms with Crippen LogP contribution < -0.4 is 15.4 Å². The molecular formula is C22H28N2O2S. The Morgan fingerprint density at radius 1 is 1.11 bits per heavy atom. The summed E-state index contributed by atoms with van der Waals surface area (Å²) in [6.45, 7) is 7.13. The third-order valence-electron chi connectivity index (χ3n) is 4.46. The van der Waals surface area contributed by atoms with Crippen LogP contribution in [0.3, 0.4) is 0 Å². The molecule has 0 unspecified atom stereocenters. The van der Waals surface area contributed by atoms with Gasteiger partial charge in [0.05, 0.1) is 6.61 Å². The van der Waals surface area contributed by atoms with E-state index >= 15 is 0 Å². The van der Waals surface area contributed by atoms with Crippen LogP contribution in [-0.4, -0.2) is 17.6 Å². The van der Waals surface area contributed by atoms with Crippen molar-refractivity contribution in [3.63, 3.8) is 0 Å². The van der Waals surface area contributed by atoms with Crippen molar-refractivity contribution in [2.45, 2.75) is 46.0 Å². The SMILES string of the molecule is CCCCOc1ccc(C(=O)NC(=S)Nc2ccccc2[C@@H](C)CC)cc1. The Hall–Kier alpha value is -2.40. The van der Waals surface area contributed by atoms with Crippen molar-refractivity contribution < 1.29 is 9.53 Å². The molecule has 0 aromatic heterocycles. The van der Waals surface area contributed by atoms with Gasteiger partial charge in [0.2, 0.25) is 0 Å². The standard InChI is InChI=1S/C22H28N2O2S/c1-4-6-15-26-18-13-11-17(12-14-18)21(25)24-22(27)23-20-10-8-7-9-19(20)16(3)5-2/h7-14,16H,4-6,15H2,1-3H3,(H2,23,24,25,27)/t16-/m0/s1. The van der Waals surface area contributed by atoms with Gasteiger partial charge >= 0.3 is 0 Å². The molecular weight excluding hydrogens is 356 g/mol. The lowest BCUT2D eigenvalue weighted by atomic mass is 9.97. The van der Waals surface area contributed by atoms with Gasteiger partial charge in [-0.2, -0.15) is 0 Å². The Morgan fingerprint density at radius 2 is 1.81 bits per heavy atom. The molecule has 2 aromatic carbocycles. The lowest BCUT2D eigenvalue weighted by Gasteiger charge is -2.17. The monoisotopic (exact) mass is 384 g/mol. The molecule has 0 aliphatic carbocycles. The number of thiocarbonyl (C=S) groups is 1. The number of nitrogens with one attached hydrogen (secondary N) is 2. The van der Waals surface area contributed by atoms with Crippen LogP contribution >= 0.6 is 12.2 Å². The molecule has 0 bridgehead atoms. The number of amides is 1. The highest BCUT2D eigenvalue weighted by atomic mass is 32.1. The number of anilines is 1. The number of unbranched alkanes of at least 4 members (excludes halogenated alkanes) is 1. The summed E-state index contributed by atoms with van der Waals surface area (Å²) in [6, 6.07) is 15.1. The predicted molar refractivity (Wildman–Crippen MR) is 116 cm³/mol. The van der Waals surface area contributed by atoms with Gasteiger partial charge in [-0.1, -0.05) is 45.4 Å². The molecule has 2 N–H and O–H groups in total. The van der Waals surface area contributed by atoms with Crippen LogP contribution in [0.4, 0.5) is 5.69 Å². The van der Waals surface area contributed by atoms with Crippen LogP contribution in [0.1, 0.15) is 61.9 Å². The Labute approximate surface area is 167 Å². The normalized spacial score (nSPS) is 11.5.